The Kier molecular flexibility index (Phi) is 23.6. The van der Waals surface area contributed by atoms with Crippen molar-refractivity contribution in [1.82, 2.24) is 4.90 Å². The lowest BCUT2D eigenvalue weighted by Crippen LogP contribution is -2.70. The molecular weight excluding hydrogens is 883 g/mol. The average molecular weight is 964 g/mol. The Morgan fingerprint density at radius 3 is 2.28 bits per heavy atom. The number of ether oxygens (including phenoxy) is 6. The van der Waals surface area contributed by atoms with E-state index in [0.29, 0.717) is 60.3 Å². The number of nitrogens with one attached hydrogen (secondary N) is 1. The summed E-state index contributed by atoms with van der Waals surface area (Å²) in [6.07, 6.45) is 18.3. The number of hydrogen-bond acceptors (Lipinski definition) is 13. The fourth-order valence-corrected chi connectivity index (χ4v) is 10.5. The Morgan fingerprint density at radius 2 is 1.59 bits per heavy atom. The number of anilines is 1. The summed E-state index contributed by atoms with van der Waals surface area (Å²) in [4.78, 5) is 36.3. The minimum atomic E-state index is -1.45. The molecule has 15 heteroatoms. The van der Waals surface area contributed by atoms with E-state index in [1.165, 1.54) is 39.2 Å². The van der Waals surface area contributed by atoms with Crippen LogP contribution in [0.5, 0.6) is 23.0 Å². The van der Waals surface area contributed by atoms with Gasteiger partial charge in [0.25, 0.3) is 0 Å². The Balaban J connectivity index is 1.63. The molecule has 2 aliphatic carbocycles. The molecular formula is C54H81N3O12. The van der Waals surface area contributed by atoms with Gasteiger partial charge in [-0.2, -0.15) is 0 Å². The first-order valence-corrected chi connectivity index (χ1v) is 25.6. The number of aliphatic hydroxyl groups is 3. The van der Waals surface area contributed by atoms with Crippen LogP contribution in [0.3, 0.4) is 0 Å². The van der Waals surface area contributed by atoms with Crippen LogP contribution >= 0.6 is 0 Å². The van der Waals surface area contributed by atoms with Crippen molar-refractivity contribution in [2.45, 2.75) is 141 Å². The van der Waals surface area contributed by atoms with E-state index >= 15 is 0 Å². The van der Waals surface area contributed by atoms with E-state index in [4.69, 9.17) is 38.4 Å². The fraction of sp³-hybridized carbons (Fsp3) is 0.648. The Labute approximate surface area is 410 Å². The van der Waals surface area contributed by atoms with Crippen molar-refractivity contribution in [3.8, 4) is 23.0 Å². The predicted octanol–water partition coefficient (Wildman–Crippen LogP) is 9.73. The van der Waals surface area contributed by atoms with E-state index in [1.54, 1.807) is 37.5 Å². The van der Waals surface area contributed by atoms with Gasteiger partial charge in [-0.1, -0.05) is 88.4 Å². The molecule has 384 valence electrons. The van der Waals surface area contributed by atoms with E-state index in [1.807, 2.05) is 24.0 Å². The number of benzene rings is 2. The van der Waals surface area contributed by atoms with Crippen molar-refractivity contribution in [3.63, 3.8) is 0 Å². The van der Waals surface area contributed by atoms with Crippen LogP contribution in [0.25, 0.3) is 0 Å². The summed E-state index contributed by atoms with van der Waals surface area (Å²) >= 11 is 0. The molecule has 2 amide bonds. The highest BCUT2D eigenvalue weighted by molar-refractivity contribution is 6.03. The topological polar surface area (TPSA) is 187 Å². The van der Waals surface area contributed by atoms with Crippen LogP contribution in [0.1, 0.15) is 134 Å². The average Bonchev–Trinajstić information content (AvgIpc) is 3.35. The maximum atomic E-state index is 14.9. The summed E-state index contributed by atoms with van der Waals surface area (Å²) in [7, 11) is 3.06. The van der Waals surface area contributed by atoms with Crippen molar-refractivity contribution in [3.05, 3.63) is 66.3 Å². The van der Waals surface area contributed by atoms with Gasteiger partial charge in [0.2, 0.25) is 11.7 Å². The lowest BCUT2D eigenvalue weighted by molar-refractivity contribution is -0.258. The van der Waals surface area contributed by atoms with Crippen LogP contribution in [-0.2, 0) is 19.1 Å². The first-order chi connectivity index (χ1) is 33.7. The van der Waals surface area contributed by atoms with Crippen LogP contribution in [0.4, 0.5) is 10.5 Å². The molecule has 0 saturated heterocycles. The number of amides is 2. The number of fused-ring (bicyclic) bond motifs is 2. The molecule has 0 radical (unpaired) electrons. The third-order valence-electron chi connectivity index (χ3n) is 13.7. The molecule has 5 rings (SSSR count). The van der Waals surface area contributed by atoms with Crippen molar-refractivity contribution < 1.29 is 58.2 Å². The summed E-state index contributed by atoms with van der Waals surface area (Å²) in [5, 5.41) is 37.2. The number of hydrogen-bond donors (Lipinski definition) is 4. The maximum absolute atomic E-state index is 14.9. The minimum Gasteiger partial charge on any atom is -0.497 e. The van der Waals surface area contributed by atoms with Gasteiger partial charge in [0.05, 0.1) is 58.0 Å². The van der Waals surface area contributed by atoms with Gasteiger partial charge in [0, 0.05) is 50.1 Å². The zero-order valence-electron chi connectivity index (χ0n) is 41.8. The zero-order valence-corrected chi connectivity index (χ0v) is 41.8. The Morgan fingerprint density at radius 1 is 0.870 bits per heavy atom. The summed E-state index contributed by atoms with van der Waals surface area (Å²) < 4.78 is 37.2. The summed E-state index contributed by atoms with van der Waals surface area (Å²) in [5.74, 6) is -0.582. The molecule has 69 heavy (non-hydrogen) atoms. The number of nitrogens with zero attached hydrogens (tertiary/aromatic N) is 2. The molecule has 1 saturated carbocycles. The smallest absolute Gasteiger partial charge is 0.417 e. The largest absolute Gasteiger partial charge is 0.497 e. The maximum Gasteiger partial charge on any atom is 0.417 e. The molecule has 2 aromatic rings. The Bertz CT molecular complexity index is 1960. The van der Waals surface area contributed by atoms with Crippen LogP contribution < -0.4 is 24.3 Å². The van der Waals surface area contributed by atoms with E-state index < -0.39 is 23.8 Å². The fourth-order valence-electron chi connectivity index (χ4n) is 10.5. The van der Waals surface area contributed by atoms with Gasteiger partial charge in [-0.3, -0.25) is 10.1 Å². The molecule has 1 fully saturated rings. The minimum absolute atomic E-state index is 0.0181. The second-order valence-corrected chi connectivity index (χ2v) is 18.3. The van der Waals surface area contributed by atoms with Crippen LogP contribution in [0.2, 0.25) is 0 Å². The molecule has 3 aliphatic rings. The second kappa shape index (κ2) is 29.5. The lowest BCUT2D eigenvalue weighted by atomic mass is 9.55. The molecule has 2 aromatic carbocycles. The highest BCUT2D eigenvalue weighted by atomic mass is 16.7. The monoisotopic (exact) mass is 964 g/mol. The number of carbonyl (C=O) groups excluding carboxylic acids is 2. The number of allylic oxidation sites excluding steroid dienone is 1. The molecule has 1 heterocycles. The van der Waals surface area contributed by atoms with Crippen molar-refractivity contribution in [2.75, 3.05) is 72.3 Å². The molecule has 6 atom stereocenters. The van der Waals surface area contributed by atoms with Crippen LogP contribution in [0.15, 0.2) is 65.9 Å². The predicted molar refractivity (Wildman–Crippen MR) is 267 cm³/mol. The molecule has 6 unspecified atom stereocenters. The molecule has 0 spiro atoms. The first-order valence-electron chi connectivity index (χ1n) is 25.6. The van der Waals surface area contributed by atoms with Gasteiger partial charge < -0.3 is 53.5 Å². The van der Waals surface area contributed by atoms with Gasteiger partial charge in [-0.15, -0.1) is 6.58 Å². The Hall–Kier alpha value is -4.67. The number of unbranched alkanes of at least 4 members (excludes halogenated alkanes) is 10. The summed E-state index contributed by atoms with van der Waals surface area (Å²) in [5.41, 5.74) is 2.82. The SMILES string of the molecule is C=CCOC12Oc3ccc(OC(=O)Nc4ccc(OC)cc4OC)cc3C3C(CCCCO)C(CCCCO)C=C(C(=NOCC)CC1N(CCOCCO)C(=O)CCCCCCCCCCC)C32. The van der Waals surface area contributed by atoms with Crippen molar-refractivity contribution in [2.24, 2.45) is 22.9 Å². The normalized spacial score (nSPS) is 21.9. The van der Waals surface area contributed by atoms with Crippen molar-refractivity contribution >= 4 is 23.4 Å². The van der Waals surface area contributed by atoms with Gasteiger partial charge in [0.15, 0.2) is 0 Å². The number of aliphatic hydroxyl groups excluding tert-OH is 3. The molecule has 4 N–H and O–H groups in total. The number of methoxy groups -OCH3 is 2. The van der Waals surface area contributed by atoms with E-state index in [0.717, 1.165) is 62.5 Å². The van der Waals surface area contributed by atoms with Crippen molar-refractivity contribution in [1.29, 1.82) is 0 Å². The van der Waals surface area contributed by atoms with Crippen LogP contribution in [-0.4, -0.2) is 117 Å². The molecule has 15 nitrogen and oxygen atoms in total. The van der Waals surface area contributed by atoms with E-state index in [-0.39, 0.29) is 76.3 Å². The van der Waals surface area contributed by atoms with Gasteiger partial charge >= 0.3 is 6.09 Å². The van der Waals surface area contributed by atoms with Gasteiger partial charge in [-0.25, -0.2) is 4.79 Å². The van der Waals surface area contributed by atoms with E-state index in [9.17, 15) is 24.9 Å². The quantitative estimate of drug-likeness (QED) is 0.0302. The third kappa shape index (κ3) is 14.9. The molecule has 0 bridgehead atoms. The zero-order chi connectivity index (χ0) is 49.4. The lowest BCUT2D eigenvalue weighted by Gasteiger charge is -2.60. The summed E-state index contributed by atoms with van der Waals surface area (Å²) in [6.45, 7) is 9.12. The molecule has 0 aromatic heterocycles. The third-order valence-corrected chi connectivity index (χ3v) is 13.7. The second-order valence-electron chi connectivity index (χ2n) is 18.3. The first kappa shape index (κ1) is 55.3. The standard InChI is InChI=1S/C54H81N3O12/c1-6-9-10-11-12-13-14-15-16-23-50(61)57(28-33-65-34-31-60)49-38-46(56-67-8-3)43-35-39(21-17-19-29-58)42(22-18-20-30-59)51-44-36-41(25-27-47(44)69-54(49,52(43)51)66-32-7-2)68-53(62)55-45-26-24-40(63-4)37-48(45)64-5/h7,24-27,35-37,39,42,49,51-52,58-60H,2,6,8-23,28-34,38H2,1,3-5H3,(H,55,62). The van der Waals surface area contributed by atoms with E-state index in [2.05, 4.69) is 24.9 Å². The number of carbonyl (C=O) groups is 2. The number of rotatable bonds is 33. The van der Waals surface area contributed by atoms with Gasteiger partial charge in [-0.05, 0) is 86.8 Å². The highest BCUT2D eigenvalue weighted by Gasteiger charge is 2.65. The summed E-state index contributed by atoms with van der Waals surface area (Å²) in [6, 6.07) is 9.73. The molecule has 1 aliphatic heterocycles. The number of oxime groups is 1. The van der Waals surface area contributed by atoms with Gasteiger partial charge in [0.1, 0.15) is 35.6 Å². The van der Waals surface area contributed by atoms with Crippen LogP contribution in [0, 0.1) is 17.8 Å². The highest BCUT2D eigenvalue weighted by Crippen LogP contribution is 2.62.